The number of hydrogen-bond donors (Lipinski definition) is 1. The number of hydrogen-bond acceptors (Lipinski definition) is 6. The van der Waals surface area contributed by atoms with Crippen molar-refractivity contribution >= 4 is 34.7 Å². The van der Waals surface area contributed by atoms with Crippen LogP contribution in [0.5, 0.6) is 0 Å². The fourth-order valence-electron chi connectivity index (χ4n) is 2.16. The Hall–Kier alpha value is -2.12. The van der Waals surface area contributed by atoms with E-state index >= 15 is 0 Å². The van der Waals surface area contributed by atoms with E-state index in [0.717, 1.165) is 10.6 Å². The molecule has 0 saturated carbocycles. The third-order valence-electron chi connectivity index (χ3n) is 3.63. The maximum Gasteiger partial charge on any atom is 0.277 e. The minimum Gasteiger partial charge on any atom is -0.410 e. The Morgan fingerprint density at radius 1 is 1.16 bits per heavy atom. The van der Waals surface area contributed by atoms with Crippen molar-refractivity contribution < 1.29 is 9.21 Å². The van der Waals surface area contributed by atoms with Crippen LogP contribution in [0.1, 0.15) is 32.3 Å². The number of aromatic nitrogens is 2. The molecule has 0 radical (unpaired) electrons. The number of thiophene rings is 1. The number of thioether (sulfide) groups is 1. The summed E-state index contributed by atoms with van der Waals surface area (Å²) in [6, 6.07) is 11.8. The monoisotopic (exact) mass is 373 g/mol. The highest BCUT2D eigenvalue weighted by Crippen LogP contribution is 2.29. The molecule has 5 nitrogen and oxygen atoms in total. The van der Waals surface area contributed by atoms with Gasteiger partial charge in [0.25, 0.3) is 11.1 Å². The Kier molecular flexibility index (Phi) is 5.55. The normalized spacial score (nSPS) is 12.3. The molecule has 1 aromatic carbocycles. The minimum atomic E-state index is -0.346. The summed E-state index contributed by atoms with van der Waals surface area (Å²) in [6.07, 6.45) is 0. The van der Waals surface area contributed by atoms with Crippen LogP contribution in [-0.2, 0) is 4.79 Å². The summed E-state index contributed by atoms with van der Waals surface area (Å²) in [6.45, 7) is 6.10. The number of carbonyl (C=O) groups is 1. The van der Waals surface area contributed by atoms with Gasteiger partial charge in [0.2, 0.25) is 5.91 Å². The van der Waals surface area contributed by atoms with Gasteiger partial charge in [-0.25, -0.2) is 0 Å². The van der Waals surface area contributed by atoms with Gasteiger partial charge in [0.05, 0.1) is 10.1 Å². The third kappa shape index (κ3) is 4.49. The highest BCUT2D eigenvalue weighted by Gasteiger charge is 2.19. The first-order valence-corrected chi connectivity index (χ1v) is 9.73. The molecule has 1 atom stereocenters. The molecular weight excluding hydrogens is 354 g/mol. The van der Waals surface area contributed by atoms with E-state index in [1.807, 2.05) is 48.7 Å². The fraction of sp³-hybridized carbons (Fsp3) is 0.278. The Labute approximate surface area is 154 Å². The second-order valence-corrected chi connectivity index (χ2v) is 8.12. The van der Waals surface area contributed by atoms with E-state index in [9.17, 15) is 4.79 Å². The van der Waals surface area contributed by atoms with Gasteiger partial charge in [-0.2, -0.15) is 0 Å². The second-order valence-electron chi connectivity index (χ2n) is 5.88. The fourth-order valence-corrected chi connectivity index (χ4v) is 3.48. The number of benzene rings is 1. The molecule has 1 N–H and O–H groups in total. The van der Waals surface area contributed by atoms with Crippen molar-refractivity contribution in [2.45, 2.75) is 37.2 Å². The molecule has 0 spiro atoms. The van der Waals surface area contributed by atoms with Crippen molar-refractivity contribution in [2.75, 3.05) is 5.32 Å². The van der Waals surface area contributed by atoms with Gasteiger partial charge in [-0.05, 0) is 42.0 Å². The van der Waals surface area contributed by atoms with Crippen molar-refractivity contribution in [3.63, 3.8) is 0 Å². The lowest BCUT2D eigenvalue weighted by molar-refractivity contribution is -0.115. The van der Waals surface area contributed by atoms with Gasteiger partial charge in [0.1, 0.15) is 0 Å². The lowest BCUT2D eigenvalue weighted by Gasteiger charge is -2.11. The third-order valence-corrected chi connectivity index (χ3v) is 5.42. The van der Waals surface area contributed by atoms with Crippen molar-refractivity contribution in [2.24, 2.45) is 0 Å². The molecule has 130 valence electrons. The van der Waals surface area contributed by atoms with E-state index in [1.165, 1.54) is 28.7 Å². The Morgan fingerprint density at radius 2 is 1.92 bits per heavy atom. The lowest BCUT2D eigenvalue weighted by Crippen LogP contribution is -2.22. The van der Waals surface area contributed by atoms with Crippen LogP contribution in [0.3, 0.4) is 0 Å². The first-order valence-electron chi connectivity index (χ1n) is 7.98. The van der Waals surface area contributed by atoms with E-state index in [-0.39, 0.29) is 11.2 Å². The van der Waals surface area contributed by atoms with E-state index in [0.29, 0.717) is 17.0 Å². The summed E-state index contributed by atoms with van der Waals surface area (Å²) in [4.78, 5) is 13.3. The van der Waals surface area contributed by atoms with Crippen LogP contribution in [0, 0.1) is 0 Å². The van der Waals surface area contributed by atoms with E-state index < -0.39 is 0 Å². The first-order chi connectivity index (χ1) is 12.0. The standard InChI is InChI=1S/C18H19N3O2S2/c1-11(2)13-6-8-14(9-7-13)19-16(22)12(3)25-18-21-20-17(23-18)15-5-4-10-24-15/h4-12H,1-3H3,(H,19,22). The topological polar surface area (TPSA) is 68.0 Å². The molecule has 3 aromatic rings. The lowest BCUT2D eigenvalue weighted by atomic mass is 10.0. The van der Waals surface area contributed by atoms with Gasteiger partial charge >= 0.3 is 0 Å². The average molecular weight is 374 g/mol. The molecule has 2 aromatic heterocycles. The molecule has 25 heavy (non-hydrogen) atoms. The van der Waals surface area contributed by atoms with Crippen LogP contribution in [-0.4, -0.2) is 21.4 Å². The molecule has 2 heterocycles. The van der Waals surface area contributed by atoms with Crippen molar-refractivity contribution in [1.82, 2.24) is 10.2 Å². The highest BCUT2D eigenvalue weighted by atomic mass is 32.2. The Bertz CT molecular complexity index is 826. The maximum atomic E-state index is 12.4. The van der Waals surface area contributed by atoms with Crippen LogP contribution in [0.2, 0.25) is 0 Å². The molecule has 0 aliphatic rings. The molecule has 0 fully saturated rings. The summed E-state index contributed by atoms with van der Waals surface area (Å²) < 4.78 is 5.61. The molecule has 0 aliphatic heterocycles. The number of anilines is 1. The van der Waals surface area contributed by atoms with E-state index in [2.05, 4.69) is 29.4 Å². The first kappa shape index (κ1) is 17.7. The number of rotatable bonds is 6. The predicted molar refractivity (Wildman–Crippen MR) is 102 cm³/mol. The summed E-state index contributed by atoms with van der Waals surface area (Å²) in [5, 5.41) is 12.9. The number of nitrogens with one attached hydrogen (secondary N) is 1. The molecule has 3 rings (SSSR count). The molecule has 1 amide bonds. The van der Waals surface area contributed by atoms with Gasteiger partial charge in [0.15, 0.2) is 0 Å². The molecule has 0 aliphatic carbocycles. The molecule has 7 heteroatoms. The average Bonchev–Trinajstić information content (AvgIpc) is 3.26. The van der Waals surface area contributed by atoms with Crippen LogP contribution < -0.4 is 5.32 Å². The van der Waals surface area contributed by atoms with Crippen molar-refractivity contribution in [3.05, 3.63) is 47.3 Å². The maximum absolute atomic E-state index is 12.4. The van der Waals surface area contributed by atoms with Gasteiger partial charge < -0.3 is 9.73 Å². The van der Waals surface area contributed by atoms with Crippen LogP contribution >= 0.6 is 23.1 Å². The molecule has 0 bridgehead atoms. The minimum absolute atomic E-state index is 0.0989. The van der Waals surface area contributed by atoms with Crippen molar-refractivity contribution in [3.8, 4) is 10.8 Å². The van der Waals surface area contributed by atoms with Crippen LogP contribution in [0.25, 0.3) is 10.8 Å². The second kappa shape index (κ2) is 7.84. The molecule has 1 unspecified atom stereocenters. The number of carbonyl (C=O) groups excluding carboxylic acids is 1. The smallest absolute Gasteiger partial charge is 0.277 e. The van der Waals surface area contributed by atoms with Gasteiger partial charge in [-0.3, -0.25) is 4.79 Å². The van der Waals surface area contributed by atoms with E-state index in [1.54, 1.807) is 0 Å². The van der Waals surface area contributed by atoms with Gasteiger partial charge in [0, 0.05) is 5.69 Å². The molecular formula is C18H19N3O2S2. The quantitative estimate of drug-likeness (QED) is 0.613. The highest BCUT2D eigenvalue weighted by molar-refractivity contribution is 8.00. The zero-order valence-corrected chi connectivity index (χ0v) is 15.9. The van der Waals surface area contributed by atoms with Crippen molar-refractivity contribution in [1.29, 1.82) is 0 Å². The molecule has 0 saturated heterocycles. The van der Waals surface area contributed by atoms with Crippen LogP contribution in [0.15, 0.2) is 51.4 Å². The SMILES string of the molecule is CC(Sc1nnc(-c2cccs2)o1)C(=O)Nc1ccc(C(C)C)cc1. The summed E-state index contributed by atoms with van der Waals surface area (Å²) >= 11 is 2.78. The van der Waals surface area contributed by atoms with Gasteiger partial charge in [-0.15, -0.1) is 21.5 Å². The number of amides is 1. The van der Waals surface area contributed by atoms with E-state index in [4.69, 9.17) is 4.42 Å². The number of nitrogens with zero attached hydrogens (tertiary/aromatic N) is 2. The Morgan fingerprint density at radius 3 is 2.56 bits per heavy atom. The summed E-state index contributed by atoms with van der Waals surface area (Å²) in [5.74, 6) is 0.849. The largest absolute Gasteiger partial charge is 0.410 e. The summed E-state index contributed by atoms with van der Waals surface area (Å²) in [5.41, 5.74) is 2.03. The predicted octanol–water partition coefficient (Wildman–Crippen LogP) is 5.04. The zero-order valence-electron chi connectivity index (χ0n) is 14.2. The summed E-state index contributed by atoms with van der Waals surface area (Å²) in [7, 11) is 0. The zero-order chi connectivity index (χ0) is 17.8. The van der Waals surface area contributed by atoms with Gasteiger partial charge in [-0.1, -0.05) is 43.8 Å². The van der Waals surface area contributed by atoms with Crippen LogP contribution in [0.4, 0.5) is 5.69 Å². The Balaban J connectivity index is 1.59.